The van der Waals surface area contributed by atoms with Crippen molar-refractivity contribution in [3.63, 3.8) is 0 Å². The molecule has 0 spiro atoms. The predicted molar refractivity (Wildman–Crippen MR) is 91.4 cm³/mol. The van der Waals surface area contributed by atoms with Crippen LogP contribution in [0.25, 0.3) is 11.2 Å². The van der Waals surface area contributed by atoms with Crippen molar-refractivity contribution in [3.8, 4) is 0 Å². The van der Waals surface area contributed by atoms with Gasteiger partial charge in [0.2, 0.25) is 5.91 Å². The number of hydrogen-bond donors (Lipinski definition) is 2. The molecule has 1 saturated heterocycles. The molecule has 0 aromatic carbocycles. The van der Waals surface area contributed by atoms with Crippen LogP contribution in [-0.4, -0.2) is 45.5 Å². The number of hydrogen-bond acceptors (Lipinski definition) is 6. The second kappa shape index (κ2) is 5.66. The number of carbonyl (C=O) groups excluding carboxylic acids is 1. The Morgan fingerprint density at radius 3 is 2.79 bits per heavy atom. The Morgan fingerprint density at radius 1 is 1.25 bits per heavy atom. The van der Waals surface area contributed by atoms with Crippen molar-refractivity contribution in [2.75, 3.05) is 18.0 Å². The number of rotatable bonds is 3. The van der Waals surface area contributed by atoms with E-state index in [2.05, 4.69) is 32.1 Å². The second-order valence-corrected chi connectivity index (χ2v) is 7.13. The van der Waals surface area contributed by atoms with Crippen molar-refractivity contribution in [2.24, 2.45) is 11.7 Å². The number of pyridine rings is 1. The summed E-state index contributed by atoms with van der Waals surface area (Å²) < 4.78 is 0. The summed E-state index contributed by atoms with van der Waals surface area (Å²) in [4.78, 5) is 27.5. The highest BCUT2D eigenvalue weighted by molar-refractivity contribution is 5.89. The van der Waals surface area contributed by atoms with Crippen LogP contribution in [0.15, 0.2) is 24.7 Å². The fraction of sp³-hybridized carbons (Fsp3) is 0.529. The molecular formula is C17H22N6O. The van der Waals surface area contributed by atoms with Crippen molar-refractivity contribution >= 4 is 22.8 Å². The first kappa shape index (κ1) is 15.3. The van der Waals surface area contributed by atoms with E-state index in [0.29, 0.717) is 11.6 Å². The molecule has 2 aromatic rings. The van der Waals surface area contributed by atoms with Gasteiger partial charge in [-0.05, 0) is 31.2 Å². The molecule has 3 N–H and O–H groups in total. The van der Waals surface area contributed by atoms with E-state index in [1.807, 2.05) is 6.07 Å². The zero-order chi connectivity index (χ0) is 16.7. The summed E-state index contributed by atoms with van der Waals surface area (Å²) in [6, 6.07) is 2.07. The molecule has 3 heterocycles. The van der Waals surface area contributed by atoms with Crippen molar-refractivity contribution in [1.82, 2.24) is 20.3 Å². The van der Waals surface area contributed by atoms with Crippen molar-refractivity contribution in [2.45, 2.75) is 37.8 Å². The molecule has 0 radical (unpaired) electrons. The van der Waals surface area contributed by atoms with Gasteiger partial charge >= 0.3 is 0 Å². The lowest BCUT2D eigenvalue weighted by atomic mass is 9.95. The summed E-state index contributed by atoms with van der Waals surface area (Å²) in [5, 5.41) is 3.14. The molecule has 1 aliphatic heterocycles. The van der Waals surface area contributed by atoms with Crippen LogP contribution in [0.5, 0.6) is 0 Å². The summed E-state index contributed by atoms with van der Waals surface area (Å²) in [7, 11) is 0. The molecular weight excluding hydrogens is 304 g/mol. The van der Waals surface area contributed by atoms with Crippen LogP contribution >= 0.6 is 0 Å². The van der Waals surface area contributed by atoms with Crippen molar-refractivity contribution < 1.29 is 4.79 Å². The van der Waals surface area contributed by atoms with Crippen molar-refractivity contribution in [3.05, 3.63) is 24.7 Å². The number of piperidine rings is 1. The normalized spacial score (nSPS) is 25.5. The van der Waals surface area contributed by atoms with Gasteiger partial charge in [-0.15, -0.1) is 0 Å². The van der Waals surface area contributed by atoms with Gasteiger partial charge in [-0.25, -0.2) is 15.0 Å². The summed E-state index contributed by atoms with van der Waals surface area (Å²) in [5.41, 5.74) is 7.85. The second-order valence-electron chi connectivity index (χ2n) is 7.13. The Labute approximate surface area is 140 Å². The molecule has 126 valence electrons. The monoisotopic (exact) mass is 326 g/mol. The number of carbonyl (C=O) groups is 1. The zero-order valence-corrected chi connectivity index (χ0v) is 13.8. The first-order chi connectivity index (χ1) is 11.5. The quantitative estimate of drug-likeness (QED) is 0.868. The molecule has 1 aliphatic carbocycles. The van der Waals surface area contributed by atoms with Crippen LogP contribution in [0.2, 0.25) is 0 Å². The number of nitrogens with two attached hydrogens (primary N) is 1. The van der Waals surface area contributed by atoms with E-state index in [9.17, 15) is 4.79 Å². The molecule has 2 atom stereocenters. The Balaban J connectivity index is 1.57. The molecule has 2 fully saturated rings. The SMILES string of the molecule is CC1CC(NC(=O)C2(N)CC2)CN(c2ccnc3nccnc23)C1. The number of amides is 1. The number of nitrogens with zero attached hydrogens (tertiary/aromatic N) is 4. The van der Waals surface area contributed by atoms with Crippen LogP contribution in [-0.2, 0) is 4.79 Å². The largest absolute Gasteiger partial charge is 0.367 e. The first-order valence-electron chi connectivity index (χ1n) is 8.46. The standard InChI is InChI=1S/C17H22N6O/c1-11-8-12(22-16(24)17(18)3-4-17)10-23(9-11)13-2-5-20-15-14(13)19-6-7-21-15/h2,5-7,11-12H,3-4,8-10,18H2,1H3,(H,22,24). The molecule has 7 nitrogen and oxygen atoms in total. The maximum atomic E-state index is 12.3. The average Bonchev–Trinajstić information content (AvgIpc) is 3.33. The van der Waals surface area contributed by atoms with Gasteiger partial charge in [0, 0.05) is 37.7 Å². The molecule has 1 saturated carbocycles. The molecule has 2 unspecified atom stereocenters. The van der Waals surface area contributed by atoms with E-state index in [0.717, 1.165) is 43.6 Å². The maximum absolute atomic E-state index is 12.3. The van der Waals surface area contributed by atoms with Crippen LogP contribution in [0, 0.1) is 5.92 Å². The van der Waals surface area contributed by atoms with Gasteiger partial charge in [-0.3, -0.25) is 4.79 Å². The zero-order valence-electron chi connectivity index (χ0n) is 13.8. The predicted octanol–water partition coefficient (Wildman–Crippen LogP) is 0.847. The summed E-state index contributed by atoms with van der Waals surface area (Å²) in [5.74, 6) is 0.456. The molecule has 1 amide bonds. The number of fused-ring (bicyclic) bond motifs is 1. The third-order valence-corrected chi connectivity index (χ3v) is 4.93. The van der Waals surface area contributed by atoms with E-state index in [1.54, 1.807) is 18.6 Å². The fourth-order valence-electron chi connectivity index (χ4n) is 3.46. The van der Waals surface area contributed by atoms with Gasteiger partial charge in [0.1, 0.15) is 5.52 Å². The Hall–Kier alpha value is -2.28. The minimum Gasteiger partial charge on any atom is -0.367 e. The highest BCUT2D eigenvalue weighted by Gasteiger charge is 2.46. The summed E-state index contributed by atoms with van der Waals surface area (Å²) in [6.45, 7) is 3.88. The minimum atomic E-state index is -0.625. The molecule has 4 rings (SSSR count). The minimum absolute atomic E-state index is 0.0130. The molecule has 24 heavy (non-hydrogen) atoms. The third kappa shape index (κ3) is 2.80. The molecule has 7 heteroatoms. The number of aromatic nitrogens is 3. The van der Waals surface area contributed by atoms with Gasteiger partial charge in [-0.1, -0.05) is 6.92 Å². The van der Waals surface area contributed by atoms with Crippen LogP contribution in [0.4, 0.5) is 5.69 Å². The lowest BCUT2D eigenvalue weighted by Gasteiger charge is -2.38. The Morgan fingerprint density at radius 2 is 2.00 bits per heavy atom. The topological polar surface area (TPSA) is 97.0 Å². The summed E-state index contributed by atoms with van der Waals surface area (Å²) >= 11 is 0. The fourth-order valence-corrected chi connectivity index (χ4v) is 3.46. The average molecular weight is 326 g/mol. The number of anilines is 1. The van der Waals surface area contributed by atoms with E-state index in [1.165, 1.54) is 0 Å². The smallest absolute Gasteiger partial charge is 0.240 e. The molecule has 0 bridgehead atoms. The highest BCUT2D eigenvalue weighted by Crippen LogP contribution is 2.33. The van der Waals surface area contributed by atoms with E-state index in [4.69, 9.17) is 5.73 Å². The lowest BCUT2D eigenvalue weighted by molar-refractivity contribution is -0.124. The van der Waals surface area contributed by atoms with Crippen molar-refractivity contribution in [1.29, 1.82) is 0 Å². The lowest BCUT2D eigenvalue weighted by Crippen LogP contribution is -2.54. The van der Waals surface area contributed by atoms with Gasteiger partial charge < -0.3 is 16.0 Å². The molecule has 2 aliphatic rings. The Bertz CT molecular complexity index is 769. The van der Waals surface area contributed by atoms with E-state index < -0.39 is 5.54 Å². The van der Waals surface area contributed by atoms with E-state index in [-0.39, 0.29) is 11.9 Å². The van der Waals surface area contributed by atoms with Gasteiger partial charge in [-0.2, -0.15) is 0 Å². The van der Waals surface area contributed by atoms with E-state index >= 15 is 0 Å². The Kier molecular flexibility index (Phi) is 3.60. The van der Waals surface area contributed by atoms with Gasteiger partial charge in [0.25, 0.3) is 0 Å². The van der Waals surface area contributed by atoms with Crippen LogP contribution < -0.4 is 16.0 Å². The molecule has 2 aromatic heterocycles. The van der Waals surface area contributed by atoms with Crippen LogP contribution in [0.1, 0.15) is 26.2 Å². The van der Waals surface area contributed by atoms with Crippen LogP contribution in [0.3, 0.4) is 0 Å². The maximum Gasteiger partial charge on any atom is 0.240 e. The third-order valence-electron chi connectivity index (χ3n) is 4.93. The first-order valence-corrected chi connectivity index (χ1v) is 8.46. The highest BCUT2D eigenvalue weighted by atomic mass is 16.2. The van der Waals surface area contributed by atoms with Gasteiger partial charge in [0.05, 0.1) is 11.2 Å². The summed E-state index contributed by atoms with van der Waals surface area (Å²) in [6.07, 6.45) is 7.64. The van der Waals surface area contributed by atoms with Gasteiger partial charge in [0.15, 0.2) is 5.65 Å². The number of nitrogens with one attached hydrogen (secondary N) is 1.